The molecule has 0 heterocycles. The first-order valence-corrected chi connectivity index (χ1v) is 26.8. The van der Waals surface area contributed by atoms with Crippen molar-refractivity contribution < 1.29 is 28.6 Å². The molecule has 6 nitrogen and oxygen atoms in total. The van der Waals surface area contributed by atoms with E-state index in [1.165, 1.54) is 89.9 Å². The van der Waals surface area contributed by atoms with Gasteiger partial charge in [-0.15, -0.1) is 0 Å². The van der Waals surface area contributed by atoms with Crippen LogP contribution in [0.2, 0.25) is 0 Å². The zero-order chi connectivity index (χ0) is 47.2. The topological polar surface area (TPSA) is 78.9 Å². The summed E-state index contributed by atoms with van der Waals surface area (Å²) in [6.45, 7) is 6.33. The molecule has 0 saturated carbocycles. The van der Waals surface area contributed by atoms with Crippen LogP contribution in [-0.4, -0.2) is 37.2 Å². The van der Waals surface area contributed by atoms with Gasteiger partial charge in [0.2, 0.25) is 0 Å². The van der Waals surface area contributed by atoms with Gasteiger partial charge in [-0.05, 0) is 109 Å². The van der Waals surface area contributed by atoms with Gasteiger partial charge in [-0.3, -0.25) is 14.4 Å². The maximum Gasteiger partial charge on any atom is 0.306 e. The van der Waals surface area contributed by atoms with Gasteiger partial charge in [-0.1, -0.05) is 208 Å². The van der Waals surface area contributed by atoms with Crippen LogP contribution in [0.5, 0.6) is 0 Å². The Bertz CT molecular complexity index is 1310. The molecule has 0 aliphatic heterocycles. The van der Waals surface area contributed by atoms with E-state index in [0.29, 0.717) is 19.3 Å². The number of ether oxygens (including phenoxy) is 3. The molecule has 0 aromatic carbocycles. The second-order valence-corrected chi connectivity index (χ2v) is 17.4. The Morgan fingerprint density at radius 3 is 1.06 bits per heavy atom. The summed E-state index contributed by atoms with van der Waals surface area (Å²) in [6, 6.07) is 0. The minimum absolute atomic E-state index is 0.0976. The number of hydrogen-bond acceptors (Lipinski definition) is 6. The number of hydrogen-bond donors (Lipinski definition) is 0. The zero-order valence-corrected chi connectivity index (χ0v) is 42.2. The van der Waals surface area contributed by atoms with Gasteiger partial charge in [-0.2, -0.15) is 0 Å². The van der Waals surface area contributed by atoms with E-state index in [9.17, 15) is 14.4 Å². The molecule has 0 bridgehead atoms. The standard InChI is InChI=1S/C59H98O6/c1-4-7-10-13-16-19-21-23-25-27-29-31-33-35-37-40-43-46-49-52-58(61)64-55-56(54-63-57(60)51-48-45-42-39-18-15-12-9-6-3)65-59(62)53-50-47-44-41-38-36-34-32-30-28-26-24-22-20-17-14-11-8-5-2/h7,9-10,12,16-20,22-25,29,31,39,56H,4-6,8,11,13-15,21,26-28,30,32-38,40-55H2,1-3H3/b10-7-,12-9-,19-16-,20-17-,24-22-,25-23-,31-29-,39-18-. The van der Waals surface area contributed by atoms with Crippen molar-refractivity contribution in [1.29, 1.82) is 0 Å². The first-order chi connectivity index (χ1) is 32.0. The van der Waals surface area contributed by atoms with Gasteiger partial charge < -0.3 is 14.2 Å². The lowest BCUT2D eigenvalue weighted by molar-refractivity contribution is -0.167. The molecule has 0 spiro atoms. The Hall–Kier alpha value is -3.67. The summed E-state index contributed by atoms with van der Waals surface area (Å²) in [6.07, 6.45) is 69.8. The van der Waals surface area contributed by atoms with Crippen LogP contribution in [0.15, 0.2) is 97.2 Å². The highest BCUT2D eigenvalue weighted by atomic mass is 16.6. The molecular weight excluding hydrogens is 805 g/mol. The van der Waals surface area contributed by atoms with Crippen molar-refractivity contribution in [1.82, 2.24) is 0 Å². The summed E-state index contributed by atoms with van der Waals surface area (Å²) < 4.78 is 16.7. The summed E-state index contributed by atoms with van der Waals surface area (Å²) in [5.74, 6) is -0.953. The lowest BCUT2D eigenvalue weighted by Gasteiger charge is -2.18. The monoisotopic (exact) mass is 903 g/mol. The van der Waals surface area contributed by atoms with Gasteiger partial charge in [0.15, 0.2) is 6.10 Å². The van der Waals surface area contributed by atoms with Crippen molar-refractivity contribution in [3.8, 4) is 0 Å². The van der Waals surface area contributed by atoms with Gasteiger partial charge in [0, 0.05) is 19.3 Å². The van der Waals surface area contributed by atoms with E-state index in [4.69, 9.17) is 14.2 Å². The average molecular weight is 903 g/mol. The Morgan fingerprint density at radius 2 is 0.646 bits per heavy atom. The van der Waals surface area contributed by atoms with E-state index < -0.39 is 6.10 Å². The number of rotatable bonds is 47. The second-order valence-electron chi connectivity index (χ2n) is 17.4. The fourth-order valence-corrected chi connectivity index (χ4v) is 7.11. The fourth-order valence-electron chi connectivity index (χ4n) is 7.11. The van der Waals surface area contributed by atoms with Crippen LogP contribution in [0.1, 0.15) is 239 Å². The molecule has 0 aromatic rings. The number of carbonyl (C=O) groups is 3. The summed E-state index contributed by atoms with van der Waals surface area (Å²) >= 11 is 0. The molecule has 0 rings (SSSR count). The number of carbonyl (C=O) groups excluding carboxylic acids is 3. The maximum atomic E-state index is 12.8. The molecule has 65 heavy (non-hydrogen) atoms. The summed E-state index contributed by atoms with van der Waals surface area (Å²) in [4.78, 5) is 37.9. The molecule has 0 aromatic heterocycles. The highest BCUT2D eigenvalue weighted by Crippen LogP contribution is 2.14. The van der Waals surface area contributed by atoms with Gasteiger partial charge in [0.05, 0.1) is 0 Å². The number of unbranched alkanes of at least 4 members (excludes halogenated alkanes) is 21. The highest BCUT2D eigenvalue weighted by molar-refractivity contribution is 5.71. The predicted molar refractivity (Wildman–Crippen MR) is 279 cm³/mol. The van der Waals surface area contributed by atoms with Crippen LogP contribution in [0, 0.1) is 0 Å². The van der Waals surface area contributed by atoms with Gasteiger partial charge >= 0.3 is 17.9 Å². The molecule has 370 valence electrons. The molecule has 0 saturated heterocycles. The molecule has 1 atom stereocenters. The Kier molecular flexibility index (Phi) is 50.0. The van der Waals surface area contributed by atoms with Crippen molar-refractivity contribution in [2.75, 3.05) is 13.2 Å². The van der Waals surface area contributed by atoms with Crippen LogP contribution in [0.3, 0.4) is 0 Å². The van der Waals surface area contributed by atoms with Crippen molar-refractivity contribution in [3.63, 3.8) is 0 Å². The number of allylic oxidation sites excluding steroid dienone is 16. The third kappa shape index (κ3) is 51.2. The summed E-state index contributed by atoms with van der Waals surface area (Å²) in [5.41, 5.74) is 0. The predicted octanol–water partition coefficient (Wildman–Crippen LogP) is 17.8. The normalized spacial score (nSPS) is 12.8. The van der Waals surface area contributed by atoms with Crippen molar-refractivity contribution in [3.05, 3.63) is 97.2 Å². The van der Waals surface area contributed by atoms with Gasteiger partial charge in [0.25, 0.3) is 0 Å². The molecule has 0 amide bonds. The molecule has 0 N–H and O–H groups in total. The van der Waals surface area contributed by atoms with E-state index in [-0.39, 0.29) is 31.1 Å². The minimum atomic E-state index is -0.798. The van der Waals surface area contributed by atoms with E-state index in [1.54, 1.807) is 0 Å². The maximum absolute atomic E-state index is 12.8. The zero-order valence-electron chi connectivity index (χ0n) is 42.2. The Labute approximate surface area is 400 Å². The first-order valence-electron chi connectivity index (χ1n) is 26.8. The first kappa shape index (κ1) is 61.3. The molecule has 6 heteroatoms. The summed E-state index contributed by atoms with van der Waals surface area (Å²) in [5, 5.41) is 0. The van der Waals surface area contributed by atoms with E-state index >= 15 is 0 Å². The molecule has 0 aliphatic carbocycles. The Morgan fingerprint density at radius 1 is 0.338 bits per heavy atom. The molecule has 1 unspecified atom stereocenters. The van der Waals surface area contributed by atoms with Gasteiger partial charge in [-0.25, -0.2) is 0 Å². The second kappa shape index (κ2) is 52.9. The van der Waals surface area contributed by atoms with Crippen LogP contribution < -0.4 is 0 Å². The quantitative estimate of drug-likeness (QED) is 0.0199. The van der Waals surface area contributed by atoms with E-state index in [0.717, 1.165) is 109 Å². The van der Waals surface area contributed by atoms with Crippen LogP contribution in [0.25, 0.3) is 0 Å². The Balaban J connectivity index is 4.35. The van der Waals surface area contributed by atoms with Crippen LogP contribution in [-0.2, 0) is 28.6 Å². The SMILES string of the molecule is CC/C=C\C/C=C\C/C=C\C/C=C\CCCCCCCCC(=O)OCC(COC(=O)CCCC/C=C\C/C=C\CC)OC(=O)CCCCCCCCCCCC/C=C\C=C/CCCCC. The van der Waals surface area contributed by atoms with Crippen molar-refractivity contribution in [2.45, 2.75) is 245 Å². The largest absolute Gasteiger partial charge is 0.462 e. The van der Waals surface area contributed by atoms with E-state index in [1.807, 2.05) is 0 Å². The van der Waals surface area contributed by atoms with E-state index in [2.05, 4.69) is 118 Å². The van der Waals surface area contributed by atoms with Crippen LogP contribution in [0.4, 0.5) is 0 Å². The summed E-state index contributed by atoms with van der Waals surface area (Å²) in [7, 11) is 0. The smallest absolute Gasteiger partial charge is 0.306 e. The van der Waals surface area contributed by atoms with Crippen LogP contribution >= 0.6 is 0 Å². The molecule has 0 fully saturated rings. The minimum Gasteiger partial charge on any atom is -0.462 e. The molecule has 0 aliphatic rings. The lowest BCUT2D eigenvalue weighted by Crippen LogP contribution is -2.30. The fraction of sp³-hybridized carbons (Fsp3) is 0.678. The van der Waals surface area contributed by atoms with Gasteiger partial charge in [0.1, 0.15) is 13.2 Å². The highest BCUT2D eigenvalue weighted by Gasteiger charge is 2.19. The average Bonchev–Trinajstić information content (AvgIpc) is 3.30. The third-order valence-corrected chi connectivity index (χ3v) is 11.1. The number of esters is 3. The molecular formula is C59H98O6. The lowest BCUT2D eigenvalue weighted by atomic mass is 10.1. The van der Waals surface area contributed by atoms with Crippen molar-refractivity contribution in [2.24, 2.45) is 0 Å². The van der Waals surface area contributed by atoms with Crippen molar-refractivity contribution >= 4 is 17.9 Å². The molecule has 0 radical (unpaired) electrons. The third-order valence-electron chi connectivity index (χ3n) is 11.1.